The Bertz CT molecular complexity index is 1920. The van der Waals surface area contributed by atoms with E-state index in [0.717, 1.165) is 76.4 Å². The van der Waals surface area contributed by atoms with E-state index in [-0.39, 0.29) is 43.0 Å². The Hall–Kier alpha value is -3.05. The summed E-state index contributed by atoms with van der Waals surface area (Å²) in [6, 6.07) is 23.1. The van der Waals surface area contributed by atoms with Crippen molar-refractivity contribution in [2.75, 3.05) is 0 Å². The van der Waals surface area contributed by atoms with Crippen molar-refractivity contribution in [1.82, 2.24) is 4.98 Å². The molecule has 0 amide bonds. The number of aryl methyl sites for hydroxylation is 1. The van der Waals surface area contributed by atoms with Gasteiger partial charge in [0, 0.05) is 42.9 Å². The van der Waals surface area contributed by atoms with E-state index in [1.807, 2.05) is 46.8 Å². The van der Waals surface area contributed by atoms with Crippen molar-refractivity contribution in [3.05, 3.63) is 83.6 Å². The van der Waals surface area contributed by atoms with Crippen molar-refractivity contribution in [3.8, 4) is 11.3 Å². The average Bonchev–Trinajstić information content (AvgIpc) is 3.42. The number of carbonyl (C=O) groups excluding carboxylic acids is 1. The molecule has 0 atom stereocenters. The van der Waals surface area contributed by atoms with Gasteiger partial charge in [-0.05, 0) is 72.9 Å². The van der Waals surface area contributed by atoms with Gasteiger partial charge in [-0.15, -0.1) is 17.7 Å². The van der Waals surface area contributed by atoms with E-state index < -0.39 is 8.07 Å². The molecule has 3 aromatic carbocycles. The third-order valence-electron chi connectivity index (χ3n) is 9.96. The van der Waals surface area contributed by atoms with Crippen molar-refractivity contribution in [3.63, 3.8) is 0 Å². The topological polar surface area (TPSA) is 63.3 Å². The number of aromatic nitrogens is 1. The smallest absolute Gasteiger partial charge is 0.164 e. The van der Waals surface area contributed by atoms with Crippen LogP contribution in [0.2, 0.25) is 19.6 Å². The van der Waals surface area contributed by atoms with Gasteiger partial charge in [-0.25, -0.2) is 0 Å². The summed E-state index contributed by atoms with van der Waals surface area (Å²) in [4.78, 5) is 17.2. The molecule has 0 saturated heterocycles. The Morgan fingerprint density at radius 1 is 0.959 bits per heavy atom. The first-order chi connectivity index (χ1) is 22.6. The van der Waals surface area contributed by atoms with Gasteiger partial charge in [-0.3, -0.25) is 9.78 Å². The molecule has 0 aliphatic heterocycles. The van der Waals surface area contributed by atoms with Crippen LogP contribution in [0.3, 0.4) is 0 Å². The fourth-order valence-electron chi connectivity index (χ4n) is 6.43. The minimum Gasteiger partial charge on any atom is -0.512 e. The van der Waals surface area contributed by atoms with Crippen LogP contribution in [0.4, 0.5) is 0 Å². The first-order valence-corrected chi connectivity index (χ1v) is 21.4. The fourth-order valence-corrected chi connectivity index (χ4v) is 8.01. The van der Waals surface area contributed by atoms with E-state index in [1.54, 1.807) is 0 Å². The van der Waals surface area contributed by atoms with Crippen LogP contribution < -0.4 is 5.19 Å². The molecule has 0 aliphatic rings. The van der Waals surface area contributed by atoms with Gasteiger partial charge in [0.25, 0.3) is 0 Å². The molecule has 4 nitrogen and oxygen atoms in total. The maximum atomic E-state index is 12.0. The van der Waals surface area contributed by atoms with Crippen LogP contribution in [0.25, 0.3) is 44.1 Å². The van der Waals surface area contributed by atoms with Crippen molar-refractivity contribution in [2.45, 2.75) is 107 Å². The number of furan rings is 1. The monoisotopic (exact) mass is 855 g/mol. The maximum absolute atomic E-state index is 12.0. The number of para-hydroxylation sites is 1. The molecule has 0 unspecified atom stereocenters. The Labute approximate surface area is 309 Å². The van der Waals surface area contributed by atoms with Crippen molar-refractivity contribution < 1.29 is 34.4 Å². The van der Waals surface area contributed by atoms with Crippen molar-refractivity contribution in [1.29, 1.82) is 0 Å². The summed E-state index contributed by atoms with van der Waals surface area (Å²) < 4.78 is 6.33. The number of hydrogen-bond donors (Lipinski definition) is 1. The Morgan fingerprint density at radius 3 is 2.20 bits per heavy atom. The van der Waals surface area contributed by atoms with Crippen LogP contribution in [0, 0.1) is 30.2 Å². The quantitative estimate of drug-likeness (QED) is 0.0622. The molecular weight excluding hydrogens is 799 g/mol. The number of rotatable bonds is 11. The molecule has 0 aliphatic carbocycles. The summed E-state index contributed by atoms with van der Waals surface area (Å²) in [5, 5.41) is 14.9. The van der Waals surface area contributed by atoms with E-state index in [9.17, 15) is 9.90 Å². The van der Waals surface area contributed by atoms with E-state index in [4.69, 9.17) is 9.40 Å². The van der Waals surface area contributed by atoms with Crippen LogP contribution in [0.5, 0.6) is 0 Å². The molecule has 0 spiro atoms. The zero-order valence-corrected chi connectivity index (χ0v) is 34.9. The fraction of sp³-hybridized carbons (Fsp3) is 0.442. The molecule has 1 radical (unpaired) electrons. The standard InChI is InChI=1S/C29H30NOSi.C14H26O2.Ir/c1-18(2)13-20-11-12-25-23(16-20)28(32(4,5)6)17-26(30-25)24-15-19(3)14-22-21-9-7-8-10-27(21)31-29(22)24;1-6-11(7-2)12(15)10-13(16)14(5,8-3)9-4;/h7-12,14,16-18H,13H2,1-6H3;10-11,15H,6-9H2,1-5H3;/q-1;;/b;12-10-;. The summed E-state index contributed by atoms with van der Waals surface area (Å²) in [5.41, 5.74) is 6.94. The normalized spacial score (nSPS) is 12.5. The number of hydrogen-bond acceptors (Lipinski definition) is 4. The number of nitrogens with zero attached hydrogens (tertiary/aromatic N) is 1. The molecule has 49 heavy (non-hydrogen) atoms. The van der Waals surface area contributed by atoms with Crippen LogP contribution in [-0.4, -0.2) is 23.9 Å². The van der Waals surface area contributed by atoms with E-state index in [1.165, 1.54) is 22.2 Å². The second-order valence-corrected chi connectivity index (χ2v) is 20.2. The second kappa shape index (κ2) is 16.8. The van der Waals surface area contributed by atoms with Crippen LogP contribution in [-0.2, 0) is 31.3 Å². The Balaban J connectivity index is 0.000000328. The molecule has 5 aromatic rings. The molecular formula is C43H56IrNO3Si-. The summed E-state index contributed by atoms with van der Waals surface area (Å²) in [7, 11) is -1.62. The predicted octanol–water partition coefficient (Wildman–Crippen LogP) is 11.9. The van der Waals surface area contributed by atoms with E-state index in [0.29, 0.717) is 5.92 Å². The summed E-state index contributed by atoms with van der Waals surface area (Å²) in [6.45, 7) is 24.0. The van der Waals surface area contributed by atoms with Gasteiger partial charge in [-0.2, -0.15) is 0 Å². The van der Waals surface area contributed by atoms with Gasteiger partial charge in [-0.1, -0.05) is 121 Å². The number of pyridine rings is 1. The van der Waals surface area contributed by atoms with Gasteiger partial charge in [0.2, 0.25) is 0 Å². The number of carbonyl (C=O) groups is 1. The third-order valence-corrected chi connectivity index (χ3v) is 12.0. The van der Waals surface area contributed by atoms with Crippen molar-refractivity contribution in [2.24, 2.45) is 17.3 Å². The van der Waals surface area contributed by atoms with E-state index >= 15 is 0 Å². The molecule has 5 rings (SSSR count). The zero-order chi connectivity index (χ0) is 35.4. The minimum atomic E-state index is -1.62. The zero-order valence-electron chi connectivity index (χ0n) is 31.5. The number of fused-ring (bicyclic) bond motifs is 4. The van der Waals surface area contributed by atoms with Crippen LogP contribution in [0.15, 0.2) is 70.8 Å². The molecule has 2 heterocycles. The molecule has 0 saturated carbocycles. The molecule has 0 bridgehead atoms. The van der Waals surface area contributed by atoms with Gasteiger partial charge in [0.1, 0.15) is 5.58 Å². The number of aliphatic hydroxyl groups excluding tert-OH is 1. The first kappa shape index (κ1) is 40.4. The maximum Gasteiger partial charge on any atom is 0.164 e. The molecule has 1 N–H and O–H groups in total. The molecule has 6 heteroatoms. The predicted molar refractivity (Wildman–Crippen MR) is 208 cm³/mol. The Morgan fingerprint density at radius 2 is 1.61 bits per heavy atom. The van der Waals surface area contributed by atoms with Crippen LogP contribution >= 0.6 is 0 Å². The number of benzene rings is 3. The SMILES string of the molecule is CCC(CC)/C(O)=C/C(=O)C(C)(CC)CC.Cc1[c-]c(-c2cc([Si](C)(C)C)c3cc(CC(C)C)ccc3n2)c2oc3ccccc3c2c1.[Ir]. The molecule has 2 aromatic heterocycles. The second-order valence-electron chi connectivity index (χ2n) is 15.1. The van der Waals surface area contributed by atoms with Gasteiger partial charge < -0.3 is 9.52 Å². The number of ketones is 1. The van der Waals surface area contributed by atoms with Gasteiger partial charge >= 0.3 is 0 Å². The van der Waals surface area contributed by atoms with Gasteiger partial charge in [0.05, 0.1) is 24.9 Å². The third kappa shape index (κ3) is 9.20. The number of aliphatic hydroxyl groups is 1. The first-order valence-electron chi connectivity index (χ1n) is 17.9. The van der Waals surface area contributed by atoms with Crippen molar-refractivity contribution >= 4 is 51.9 Å². The average molecular weight is 855 g/mol. The molecule has 0 fully saturated rings. The van der Waals surface area contributed by atoms with Crippen LogP contribution in [0.1, 0.15) is 85.3 Å². The van der Waals surface area contributed by atoms with Gasteiger partial charge in [0.15, 0.2) is 5.78 Å². The summed E-state index contributed by atoms with van der Waals surface area (Å²) in [6.07, 6.45) is 5.92. The summed E-state index contributed by atoms with van der Waals surface area (Å²) >= 11 is 0. The molecule has 265 valence electrons. The Kier molecular flexibility index (Phi) is 13.8. The summed E-state index contributed by atoms with van der Waals surface area (Å²) in [5.74, 6) is 1.07. The van der Waals surface area contributed by atoms with E-state index in [2.05, 4.69) is 88.9 Å². The number of allylic oxidation sites excluding steroid dienone is 2. The minimum absolute atomic E-state index is 0. The largest absolute Gasteiger partial charge is 0.512 e.